The molecule has 276 valence electrons. The zero-order chi connectivity index (χ0) is 38.7. The first kappa shape index (κ1) is 34.6. The van der Waals surface area contributed by atoms with E-state index in [1.165, 1.54) is 72.1 Å². The Labute approximate surface area is 331 Å². The van der Waals surface area contributed by atoms with Gasteiger partial charge in [-0.3, -0.25) is 0 Å². The number of nitrogens with zero attached hydrogens (tertiary/aromatic N) is 1. The van der Waals surface area contributed by atoms with E-state index in [1.54, 1.807) is 0 Å². The molecule has 0 spiro atoms. The minimum atomic E-state index is -0.119. The maximum atomic E-state index is 6.65. The lowest BCUT2D eigenvalue weighted by Crippen LogP contribution is -2.18. The summed E-state index contributed by atoms with van der Waals surface area (Å²) in [5.74, 6) is 0.787. The molecule has 0 radical (unpaired) electrons. The molecule has 0 atom stereocenters. The van der Waals surface area contributed by atoms with Crippen LogP contribution in [-0.2, 0) is 10.8 Å². The van der Waals surface area contributed by atoms with Crippen LogP contribution in [0.15, 0.2) is 144 Å². The Morgan fingerprint density at radius 1 is 0.464 bits per heavy atom. The first-order chi connectivity index (χ1) is 26.9. The number of furan rings is 1. The molecule has 2 heteroatoms. The van der Waals surface area contributed by atoms with Crippen molar-refractivity contribution in [2.45, 2.75) is 78.1 Å². The van der Waals surface area contributed by atoms with Crippen molar-refractivity contribution in [1.29, 1.82) is 0 Å². The predicted molar refractivity (Wildman–Crippen MR) is 237 cm³/mol. The molecule has 0 unspecified atom stereocenters. The number of rotatable bonds is 6. The number of hydrogen-bond acceptors (Lipinski definition) is 2. The van der Waals surface area contributed by atoms with Crippen LogP contribution in [0.2, 0.25) is 0 Å². The van der Waals surface area contributed by atoms with E-state index in [4.69, 9.17) is 4.42 Å². The molecule has 2 aliphatic rings. The van der Waals surface area contributed by atoms with Crippen molar-refractivity contribution in [2.75, 3.05) is 4.90 Å². The Morgan fingerprint density at radius 3 is 1.57 bits per heavy atom. The molecule has 2 nitrogen and oxygen atoms in total. The van der Waals surface area contributed by atoms with Crippen LogP contribution in [0.5, 0.6) is 0 Å². The van der Waals surface area contributed by atoms with Gasteiger partial charge >= 0.3 is 0 Å². The Morgan fingerprint density at radius 2 is 1.00 bits per heavy atom. The molecule has 56 heavy (non-hydrogen) atoms. The lowest BCUT2D eigenvalue weighted by atomic mass is 9.82. The fourth-order valence-corrected chi connectivity index (χ4v) is 9.86. The summed E-state index contributed by atoms with van der Waals surface area (Å²) in [4.78, 5) is 2.50. The number of anilines is 3. The first-order valence-electron chi connectivity index (χ1n) is 20.3. The lowest BCUT2D eigenvalue weighted by Gasteiger charge is -2.31. The molecular weight excluding hydrogens is 679 g/mol. The summed E-state index contributed by atoms with van der Waals surface area (Å²) in [5.41, 5.74) is 21.0. The summed E-state index contributed by atoms with van der Waals surface area (Å²) in [6.07, 6.45) is 0. The Kier molecular flexibility index (Phi) is 7.62. The monoisotopic (exact) mass is 727 g/mol. The average molecular weight is 728 g/mol. The van der Waals surface area contributed by atoms with E-state index in [1.807, 2.05) is 0 Å². The van der Waals surface area contributed by atoms with E-state index in [9.17, 15) is 0 Å². The van der Waals surface area contributed by atoms with Crippen LogP contribution in [0.4, 0.5) is 17.1 Å². The van der Waals surface area contributed by atoms with E-state index in [0.717, 1.165) is 33.6 Å². The normalized spacial score (nSPS) is 14.7. The summed E-state index contributed by atoms with van der Waals surface area (Å²) in [7, 11) is 0. The van der Waals surface area contributed by atoms with E-state index < -0.39 is 0 Å². The highest BCUT2D eigenvalue weighted by atomic mass is 16.3. The standard InChI is InChI=1S/C54H49NO/c1-32(2)35-28-43(33(3)4)52-45(29-35)44-27-34(21-26-51(44)56-52)38-15-11-14-20-50(38)55(36-22-24-41-39-16-9-12-18-46(39)53(5,6)48(41)30-36)37-23-25-42-40-17-10-13-19-47(40)54(7,8)49(42)31-37/h9-33H,1-8H3. The van der Waals surface area contributed by atoms with Crippen molar-refractivity contribution in [2.24, 2.45) is 0 Å². The topological polar surface area (TPSA) is 16.4 Å². The van der Waals surface area contributed by atoms with Gasteiger partial charge in [0.25, 0.3) is 0 Å². The molecule has 0 amide bonds. The molecule has 0 saturated heterocycles. The first-order valence-corrected chi connectivity index (χ1v) is 20.3. The fraction of sp³-hybridized carbons (Fsp3) is 0.222. The highest BCUT2D eigenvalue weighted by molar-refractivity contribution is 6.08. The summed E-state index contributed by atoms with van der Waals surface area (Å²) < 4.78 is 6.65. The third-order valence-corrected chi connectivity index (χ3v) is 13.0. The molecule has 0 N–H and O–H groups in total. The van der Waals surface area contributed by atoms with Gasteiger partial charge in [-0.15, -0.1) is 0 Å². The van der Waals surface area contributed by atoms with Crippen LogP contribution >= 0.6 is 0 Å². The Bertz CT molecular complexity index is 2770. The van der Waals surface area contributed by atoms with Crippen LogP contribution in [0.3, 0.4) is 0 Å². The van der Waals surface area contributed by atoms with Gasteiger partial charge in [-0.1, -0.05) is 146 Å². The third kappa shape index (κ3) is 5.01. The second-order valence-electron chi connectivity index (χ2n) is 17.8. The summed E-state index contributed by atoms with van der Waals surface area (Å²) >= 11 is 0. The Balaban J connectivity index is 1.20. The maximum Gasteiger partial charge on any atom is 0.138 e. The largest absolute Gasteiger partial charge is 0.456 e. The minimum Gasteiger partial charge on any atom is -0.456 e. The highest BCUT2D eigenvalue weighted by Crippen LogP contribution is 2.54. The van der Waals surface area contributed by atoms with E-state index >= 15 is 0 Å². The van der Waals surface area contributed by atoms with Gasteiger partial charge in [-0.2, -0.15) is 0 Å². The molecule has 10 rings (SSSR count). The van der Waals surface area contributed by atoms with Crippen LogP contribution in [0, 0.1) is 0 Å². The third-order valence-electron chi connectivity index (χ3n) is 13.0. The summed E-state index contributed by atoms with van der Waals surface area (Å²) in [5, 5.41) is 2.37. The van der Waals surface area contributed by atoms with Crippen molar-refractivity contribution >= 4 is 39.0 Å². The fourth-order valence-electron chi connectivity index (χ4n) is 9.86. The van der Waals surface area contributed by atoms with Gasteiger partial charge in [-0.25, -0.2) is 0 Å². The molecule has 0 saturated carbocycles. The molecule has 7 aromatic carbocycles. The quantitative estimate of drug-likeness (QED) is 0.170. The maximum absolute atomic E-state index is 6.65. The van der Waals surface area contributed by atoms with Crippen LogP contribution in [-0.4, -0.2) is 0 Å². The summed E-state index contributed by atoms with van der Waals surface area (Å²) in [6.45, 7) is 18.6. The predicted octanol–water partition coefficient (Wildman–Crippen LogP) is 15.6. The van der Waals surface area contributed by atoms with Gasteiger partial charge in [0.1, 0.15) is 11.2 Å². The second-order valence-corrected chi connectivity index (χ2v) is 17.8. The van der Waals surface area contributed by atoms with Crippen LogP contribution in [0.1, 0.15) is 101 Å². The number of benzene rings is 7. The zero-order valence-corrected chi connectivity index (χ0v) is 33.8. The molecule has 8 aromatic rings. The van der Waals surface area contributed by atoms with E-state index in [0.29, 0.717) is 11.8 Å². The van der Waals surface area contributed by atoms with Gasteiger partial charge < -0.3 is 9.32 Å². The number of fused-ring (bicyclic) bond motifs is 9. The minimum absolute atomic E-state index is 0.119. The van der Waals surface area contributed by atoms with Crippen molar-refractivity contribution < 1.29 is 4.42 Å². The van der Waals surface area contributed by atoms with Crippen LogP contribution in [0.25, 0.3) is 55.3 Å². The van der Waals surface area contributed by atoms with Gasteiger partial charge in [0, 0.05) is 38.5 Å². The van der Waals surface area contributed by atoms with Gasteiger partial charge in [0.15, 0.2) is 0 Å². The highest BCUT2D eigenvalue weighted by Gasteiger charge is 2.38. The van der Waals surface area contributed by atoms with Gasteiger partial charge in [0.2, 0.25) is 0 Å². The molecule has 0 aliphatic heterocycles. The molecule has 0 fully saturated rings. The molecule has 1 aromatic heterocycles. The van der Waals surface area contributed by atoms with Crippen molar-refractivity contribution in [3.8, 4) is 33.4 Å². The SMILES string of the molecule is CC(C)c1cc(C(C)C)c2oc3ccc(-c4ccccc4N(c4ccc5c(c4)C(C)(C)c4ccccc4-5)c4ccc5c(c4)C(C)(C)c4ccccc4-5)cc3c2c1. The van der Waals surface area contributed by atoms with E-state index in [-0.39, 0.29) is 10.8 Å². The van der Waals surface area contributed by atoms with Gasteiger partial charge in [0.05, 0.1) is 5.69 Å². The lowest BCUT2D eigenvalue weighted by molar-refractivity contribution is 0.656. The second kappa shape index (κ2) is 12.3. The molecular formula is C54H49NO. The van der Waals surface area contributed by atoms with Crippen molar-refractivity contribution in [3.63, 3.8) is 0 Å². The zero-order valence-electron chi connectivity index (χ0n) is 33.8. The molecule has 1 heterocycles. The molecule has 0 bridgehead atoms. The summed E-state index contributed by atoms with van der Waals surface area (Å²) in [6, 6.07) is 52.5. The van der Waals surface area contributed by atoms with Crippen molar-refractivity contribution in [3.05, 3.63) is 173 Å². The van der Waals surface area contributed by atoms with Crippen LogP contribution < -0.4 is 4.90 Å². The molecule has 2 aliphatic carbocycles. The number of para-hydroxylation sites is 1. The number of hydrogen-bond donors (Lipinski definition) is 0. The van der Waals surface area contributed by atoms with E-state index in [2.05, 4.69) is 200 Å². The van der Waals surface area contributed by atoms with Gasteiger partial charge in [-0.05, 0) is 122 Å². The Hall–Kier alpha value is -5.86. The average Bonchev–Trinajstić information content (AvgIpc) is 3.77. The van der Waals surface area contributed by atoms with Crippen molar-refractivity contribution in [1.82, 2.24) is 0 Å². The smallest absolute Gasteiger partial charge is 0.138 e.